The molecule has 6 nitrogen and oxygen atoms in total. The normalized spacial score (nSPS) is 16.2. The molecule has 1 unspecified atom stereocenters. The van der Waals surface area contributed by atoms with E-state index in [4.69, 9.17) is 9.47 Å². The van der Waals surface area contributed by atoms with Gasteiger partial charge < -0.3 is 19.8 Å². The number of aromatic amines is 1. The molecule has 1 aliphatic heterocycles. The van der Waals surface area contributed by atoms with Crippen molar-refractivity contribution in [1.29, 1.82) is 0 Å². The van der Waals surface area contributed by atoms with Gasteiger partial charge in [-0.3, -0.25) is 9.69 Å². The van der Waals surface area contributed by atoms with Crippen molar-refractivity contribution < 1.29 is 14.3 Å². The van der Waals surface area contributed by atoms with Gasteiger partial charge in [-0.2, -0.15) is 0 Å². The number of carbonyl (C=O) groups is 1. The second-order valence-electron chi connectivity index (χ2n) is 9.27. The van der Waals surface area contributed by atoms with Gasteiger partial charge in [-0.05, 0) is 53.4 Å². The summed E-state index contributed by atoms with van der Waals surface area (Å²) in [5, 5.41) is 4.26. The summed E-state index contributed by atoms with van der Waals surface area (Å²) in [7, 11) is 1.67. The molecule has 1 amide bonds. The van der Waals surface area contributed by atoms with Crippen LogP contribution in [0.4, 0.5) is 0 Å². The molecule has 1 atom stereocenters. The Labute approximate surface area is 212 Å². The summed E-state index contributed by atoms with van der Waals surface area (Å²) in [5.74, 6) is 0.868. The van der Waals surface area contributed by atoms with Crippen LogP contribution in [0.3, 0.4) is 0 Å². The van der Waals surface area contributed by atoms with Gasteiger partial charge in [-0.25, -0.2) is 0 Å². The summed E-state index contributed by atoms with van der Waals surface area (Å²) in [4.78, 5) is 18.8. The molecule has 1 aromatic heterocycles. The highest BCUT2D eigenvalue weighted by molar-refractivity contribution is 5.91. The zero-order chi connectivity index (χ0) is 24.7. The summed E-state index contributed by atoms with van der Waals surface area (Å²) >= 11 is 0. The molecule has 1 saturated heterocycles. The Balaban J connectivity index is 1.19. The van der Waals surface area contributed by atoms with Crippen molar-refractivity contribution in [2.45, 2.75) is 25.5 Å². The molecule has 36 heavy (non-hydrogen) atoms. The number of aryl methyl sites for hydroxylation is 1. The van der Waals surface area contributed by atoms with Gasteiger partial charge in [0, 0.05) is 49.2 Å². The zero-order valence-electron chi connectivity index (χ0n) is 20.7. The van der Waals surface area contributed by atoms with Crippen molar-refractivity contribution in [1.82, 2.24) is 15.2 Å². The smallest absolute Gasteiger partial charge is 0.220 e. The van der Waals surface area contributed by atoms with Crippen LogP contribution in [0.1, 0.15) is 17.5 Å². The molecule has 0 spiro atoms. The fourth-order valence-corrected chi connectivity index (χ4v) is 4.91. The van der Waals surface area contributed by atoms with Gasteiger partial charge in [0.2, 0.25) is 5.91 Å². The molecule has 3 aromatic carbocycles. The van der Waals surface area contributed by atoms with E-state index in [1.807, 2.05) is 30.3 Å². The number of amides is 1. The lowest BCUT2D eigenvalue weighted by Gasteiger charge is -2.33. The molecule has 2 N–H and O–H groups in total. The largest absolute Gasteiger partial charge is 0.497 e. The van der Waals surface area contributed by atoms with Gasteiger partial charge in [0.05, 0.1) is 19.8 Å². The molecule has 4 aromatic rings. The van der Waals surface area contributed by atoms with Gasteiger partial charge in [-0.15, -0.1) is 0 Å². The first kappa shape index (κ1) is 24.1. The van der Waals surface area contributed by atoms with Gasteiger partial charge in [0.25, 0.3) is 0 Å². The number of rotatable bonds is 9. The van der Waals surface area contributed by atoms with E-state index in [-0.39, 0.29) is 12.0 Å². The van der Waals surface area contributed by atoms with Crippen molar-refractivity contribution in [3.8, 4) is 17.0 Å². The maximum atomic E-state index is 12.8. The fourth-order valence-electron chi connectivity index (χ4n) is 4.91. The number of hydrogen-bond acceptors (Lipinski definition) is 4. The van der Waals surface area contributed by atoms with Crippen LogP contribution in [0.15, 0.2) is 78.9 Å². The maximum absolute atomic E-state index is 12.8. The number of para-hydroxylation sites is 1. The lowest BCUT2D eigenvalue weighted by molar-refractivity contribution is -0.122. The Kier molecular flexibility index (Phi) is 7.64. The molecule has 0 aliphatic carbocycles. The van der Waals surface area contributed by atoms with E-state index in [0.29, 0.717) is 26.0 Å². The lowest BCUT2D eigenvalue weighted by Crippen LogP contribution is -2.47. The van der Waals surface area contributed by atoms with Crippen molar-refractivity contribution >= 4 is 16.8 Å². The minimum absolute atomic E-state index is 0.00867. The molecule has 2 heterocycles. The number of carbonyl (C=O) groups excluding carboxylic acids is 1. The van der Waals surface area contributed by atoms with E-state index in [9.17, 15) is 4.79 Å². The van der Waals surface area contributed by atoms with Crippen LogP contribution < -0.4 is 10.1 Å². The third-order valence-corrected chi connectivity index (χ3v) is 6.79. The summed E-state index contributed by atoms with van der Waals surface area (Å²) in [6.45, 7) is 3.86. The third kappa shape index (κ3) is 5.78. The summed E-state index contributed by atoms with van der Waals surface area (Å²) < 4.78 is 11.2. The number of H-pyrrole nitrogens is 1. The van der Waals surface area contributed by atoms with Crippen LogP contribution in [-0.2, 0) is 22.5 Å². The first-order chi connectivity index (χ1) is 17.7. The third-order valence-electron chi connectivity index (χ3n) is 6.79. The molecule has 6 heteroatoms. The molecular formula is C30H33N3O3. The van der Waals surface area contributed by atoms with Crippen LogP contribution in [0.2, 0.25) is 0 Å². The van der Waals surface area contributed by atoms with Crippen LogP contribution in [0.5, 0.6) is 5.75 Å². The number of hydrogen-bond donors (Lipinski definition) is 2. The second-order valence-corrected chi connectivity index (χ2v) is 9.27. The predicted molar refractivity (Wildman–Crippen MR) is 143 cm³/mol. The molecule has 0 bridgehead atoms. The minimum atomic E-state index is 0.00867. The first-order valence-electron chi connectivity index (χ1n) is 12.6. The maximum Gasteiger partial charge on any atom is 0.220 e. The Morgan fingerprint density at radius 3 is 2.64 bits per heavy atom. The molecule has 1 fully saturated rings. The average Bonchev–Trinajstić information content (AvgIpc) is 3.30. The van der Waals surface area contributed by atoms with Crippen molar-refractivity contribution in [2.75, 3.05) is 33.4 Å². The van der Waals surface area contributed by atoms with Crippen molar-refractivity contribution in [3.05, 3.63) is 90.0 Å². The number of nitrogens with zero attached hydrogens (tertiary/aromatic N) is 1. The number of aromatic nitrogens is 1. The zero-order valence-corrected chi connectivity index (χ0v) is 20.7. The number of ether oxygens (including phenoxy) is 2. The standard InChI is InChI=1S/C30H33N3O3/c1-35-24-13-11-23(12-14-24)30-27(26-9-5-6-10-28(26)32-30)15-16-29(34)31-19-25-21-33(17-18-36-25)20-22-7-3-2-4-8-22/h2-14,25,32H,15-21H2,1H3,(H,31,34). The molecular weight excluding hydrogens is 450 g/mol. The van der Waals surface area contributed by atoms with E-state index in [0.717, 1.165) is 53.1 Å². The van der Waals surface area contributed by atoms with Crippen LogP contribution in [0.25, 0.3) is 22.2 Å². The molecule has 186 valence electrons. The van der Waals surface area contributed by atoms with Crippen molar-refractivity contribution in [2.24, 2.45) is 0 Å². The van der Waals surface area contributed by atoms with Crippen LogP contribution >= 0.6 is 0 Å². The second kappa shape index (κ2) is 11.4. The number of morpholine rings is 1. The summed E-state index contributed by atoms with van der Waals surface area (Å²) in [6, 6.07) is 26.8. The predicted octanol–water partition coefficient (Wildman–Crippen LogP) is 4.79. The Morgan fingerprint density at radius 1 is 1.06 bits per heavy atom. The Morgan fingerprint density at radius 2 is 1.83 bits per heavy atom. The minimum Gasteiger partial charge on any atom is -0.497 e. The number of nitrogens with one attached hydrogen (secondary N) is 2. The first-order valence-corrected chi connectivity index (χ1v) is 12.6. The number of fused-ring (bicyclic) bond motifs is 1. The average molecular weight is 484 g/mol. The summed E-state index contributed by atoms with van der Waals surface area (Å²) in [5.41, 5.74) is 5.67. The van der Waals surface area contributed by atoms with Gasteiger partial charge in [0.1, 0.15) is 5.75 Å². The topological polar surface area (TPSA) is 66.6 Å². The molecule has 0 saturated carbocycles. The monoisotopic (exact) mass is 483 g/mol. The van der Waals surface area contributed by atoms with E-state index in [1.165, 1.54) is 5.56 Å². The van der Waals surface area contributed by atoms with E-state index < -0.39 is 0 Å². The van der Waals surface area contributed by atoms with Crippen molar-refractivity contribution in [3.63, 3.8) is 0 Å². The Hall–Kier alpha value is -3.61. The quantitative estimate of drug-likeness (QED) is 0.359. The molecule has 5 rings (SSSR count). The highest BCUT2D eigenvalue weighted by atomic mass is 16.5. The van der Waals surface area contributed by atoms with E-state index >= 15 is 0 Å². The highest BCUT2D eigenvalue weighted by Crippen LogP contribution is 2.32. The van der Waals surface area contributed by atoms with E-state index in [2.05, 4.69) is 63.7 Å². The Bertz CT molecular complexity index is 1280. The van der Waals surface area contributed by atoms with Crippen LogP contribution in [-0.4, -0.2) is 55.2 Å². The summed E-state index contributed by atoms with van der Waals surface area (Å²) in [6.07, 6.45) is 1.09. The van der Waals surface area contributed by atoms with Crippen LogP contribution in [0, 0.1) is 0 Å². The number of methoxy groups -OCH3 is 1. The molecule has 0 radical (unpaired) electrons. The number of benzene rings is 3. The van der Waals surface area contributed by atoms with E-state index in [1.54, 1.807) is 7.11 Å². The lowest BCUT2D eigenvalue weighted by atomic mass is 10.0. The molecule has 1 aliphatic rings. The van der Waals surface area contributed by atoms with Gasteiger partial charge in [-0.1, -0.05) is 48.5 Å². The highest BCUT2D eigenvalue weighted by Gasteiger charge is 2.21. The fraction of sp³-hybridized carbons (Fsp3) is 0.300. The van der Waals surface area contributed by atoms with Gasteiger partial charge >= 0.3 is 0 Å². The van der Waals surface area contributed by atoms with Gasteiger partial charge in [0.15, 0.2) is 0 Å². The SMILES string of the molecule is COc1ccc(-c2[nH]c3ccccc3c2CCC(=O)NCC2CN(Cc3ccccc3)CCO2)cc1.